The lowest BCUT2D eigenvalue weighted by Gasteiger charge is -2.23. The molecule has 2 amide bonds. The van der Waals surface area contributed by atoms with Crippen molar-refractivity contribution in [3.05, 3.63) is 42.2 Å². The van der Waals surface area contributed by atoms with Crippen LogP contribution in [0.25, 0.3) is 0 Å². The third-order valence-corrected chi connectivity index (χ3v) is 5.27. The number of rotatable bonds is 12. The van der Waals surface area contributed by atoms with E-state index in [0.29, 0.717) is 49.1 Å². The summed E-state index contributed by atoms with van der Waals surface area (Å²) in [5, 5.41) is 9.01. The Morgan fingerprint density at radius 1 is 1.24 bits per heavy atom. The minimum atomic E-state index is -0.571. The van der Waals surface area contributed by atoms with E-state index in [1.807, 2.05) is 19.0 Å². The molecular weight excluding hydrogens is 472 g/mol. The van der Waals surface area contributed by atoms with Crippen LogP contribution in [0.3, 0.4) is 0 Å². The Morgan fingerprint density at radius 2 is 2.03 bits per heavy atom. The van der Waals surface area contributed by atoms with E-state index in [-0.39, 0.29) is 11.8 Å². The summed E-state index contributed by atoms with van der Waals surface area (Å²) in [6.45, 7) is 2.82. The first-order valence-electron chi connectivity index (χ1n) is 11.9. The first kappa shape index (κ1) is 29.1. The molecule has 0 radical (unpaired) electrons. The Kier molecular flexibility index (Phi) is 11.8. The summed E-state index contributed by atoms with van der Waals surface area (Å²) in [5.41, 5.74) is 1.42. The standard InChI is InChI=1S/C26H36N8O3/c1-19(34(5)23(35)12-10-16-33(3)4)25(36)29-14-9-7-8-11-20-18-30-26(32-24(20)27-2)31-21-13-15-28-22(17-21)37-6/h10,12-13,15,17-19H,7,9,14,16H2,1-6H3,(H,29,36)(H2,27,28,30,31,32)/b12-10+/t19-/m0/s1. The third-order valence-electron chi connectivity index (χ3n) is 5.27. The van der Waals surface area contributed by atoms with Crippen LogP contribution in [0.2, 0.25) is 0 Å². The molecule has 0 bridgehead atoms. The summed E-state index contributed by atoms with van der Waals surface area (Å²) in [4.78, 5) is 40.8. The van der Waals surface area contributed by atoms with Gasteiger partial charge in [-0.05, 0) is 33.5 Å². The molecule has 2 rings (SSSR count). The highest BCUT2D eigenvalue weighted by Gasteiger charge is 2.20. The molecule has 0 aromatic carbocycles. The van der Waals surface area contributed by atoms with E-state index in [9.17, 15) is 9.59 Å². The number of amides is 2. The number of pyridine rings is 1. The summed E-state index contributed by atoms with van der Waals surface area (Å²) in [5.74, 6) is 7.25. The lowest BCUT2D eigenvalue weighted by atomic mass is 10.2. The highest BCUT2D eigenvalue weighted by Crippen LogP contribution is 2.19. The van der Waals surface area contributed by atoms with Crippen LogP contribution in [0.1, 0.15) is 25.3 Å². The number of unbranched alkanes of at least 4 members (excludes halogenated alkanes) is 1. The van der Waals surface area contributed by atoms with Crippen LogP contribution in [0.15, 0.2) is 36.7 Å². The number of aromatic nitrogens is 3. The van der Waals surface area contributed by atoms with Crippen LogP contribution in [0.5, 0.6) is 5.88 Å². The molecule has 3 N–H and O–H groups in total. The molecule has 198 valence electrons. The summed E-state index contributed by atoms with van der Waals surface area (Å²) < 4.78 is 5.13. The van der Waals surface area contributed by atoms with Crippen LogP contribution < -0.4 is 20.7 Å². The number of hydrogen-bond donors (Lipinski definition) is 3. The quantitative estimate of drug-likeness (QED) is 0.224. The fraction of sp³-hybridized carbons (Fsp3) is 0.423. The molecule has 2 aromatic rings. The molecule has 0 aliphatic carbocycles. The molecule has 0 fully saturated rings. The van der Waals surface area contributed by atoms with Gasteiger partial charge in [0.1, 0.15) is 11.9 Å². The third kappa shape index (κ3) is 9.77. The average molecular weight is 509 g/mol. The van der Waals surface area contributed by atoms with E-state index >= 15 is 0 Å². The van der Waals surface area contributed by atoms with Crippen molar-refractivity contribution in [3.63, 3.8) is 0 Å². The van der Waals surface area contributed by atoms with Crippen LogP contribution in [-0.4, -0.2) is 91.0 Å². The Morgan fingerprint density at radius 3 is 2.73 bits per heavy atom. The van der Waals surface area contributed by atoms with Crippen molar-refractivity contribution in [2.24, 2.45) is 0 Å². The van der Waals surface area contributed by atoms with Gasteiger partial charge in [0.15, 0.2) is 0 Å². The maximum atomic E-state index is 12.4. The number of hydrogen-bond acceptors (Lipinski definition) is 9. The van der Waals surface area contributed by atoms with Crippen molar-refractivity contribution < 1.29 is 14.3 Å². The van der Waals surface area contributed by atoms with Crippen LogP contribution in [0, 0.1) is 11.8 Å². The van der Waals surface area contributed by atoms with Gasteiger partial charge >= 0.3 is 0 Å². The van der Waals surface area contributed by atoms with Gasteiger partial charge in [0.25, 0.3) is 0 Å². The zero-order valence-electron chi connectivity index (χ0n) is 22.3. The van der Waals surface area contributed by atoms with Crippen LogP contribution in [-0.2, 0) is 9.59 Å². The fourth-order valence-corrected chi connectivity index (χ4v) is 2.99. The SMILES string of the molecule is CNc1nc(Nc2ccnc(OC)c2)ncc1C#CCCCNC(=O)[C@H](C)N(C)C(=O)/C=C/CN(C)C. The molecule has 0 aliphatic heterocycles. The minimum Gasteiger partial charge on any atom is -0.481 e. The molecule has 2 aromatic heterocycles. The molecule has 2 heterocycles. The number of nitrogens with one attached hydrogen (secondary N) is 3. The predicted octanol–water partition coefficient (Wildman–Crippen LogP) is 1.88. The molecule has 1 atom stereocenters. The molecule has 0 aliphatic rings. The van der Waals surface area contributed by atoms with E-state index in [4.69, 9.17) is 4.74 Å². The van der Waals surface area contributed by atoms with Crippen LogP contribution >= 0.6 is 0 Å². The van der Waals surface area contributed by atoms with Gasteiger partial charge in [0, 0.05) is 57.6 Å². The first-order valence-corrected chi connectivity index (χ1v) is 11.9. The van der Waals surface area contributed by atoms with E-state index < -0.39 is 6.04 Å². The van der Waals surface area contributed by atoms with Crippen molar-refractivity contribution in [2.45, 2.75) is 25.8 Å². The van der Waals surface area contributed by atoms with Crippen molar-refractivity contribution in [1.82, 2.24) is 30.1 Å². The molecule has 0 saturated heterocycles. The topological polar surface area (TPSA) is 125 Å². The molecule has 0 spiro atoms. The summed E-state index contributed by atoms with van der Waals surface area (Å²) in [6.07, 6.45) is 7.79. The van der Waals surface area contributed by atoms with Crippen molar-refractivity contribution in [3.8, 4) is 17.7 Å². The number of methoxy groups -OCH3 is 1. The number of carbonyl (C=O) groups is 2. The smallest absolute Gasteiger partial charge is 0.246 e. The van der Waals surface area contributed by atoms with Gasteiger partial charge in [-0.2, -0.15) is 4.98 Å². The summed E-state index contributed by atoms with van der Waals surface area (Å²) >= 11 is 0. The number of anilines is 3. The Labute approximate surface area is 218 Å². The summed E-state index contributed by atoms with van der Waals surface area (Å²) in [7, 11) is 8.78. The van der Waals surface area contributed by atoms with Crippen LogP contribution in [0.4, 0.5) is 17.5 Å². The second kappa shape index (κ2) is 15.1. The van der Waals surface area contributed by atoms with Gasteiger partial charge < -0.3 is 30.5 Å². The van der Waals surface area contributed by atoms with Gasteiger partial charge in [0.2, 0.25) is 23.6 Å². The maximum Gasteiger partial charge on any atom is 0.246 e. The summed E-state index contributed by atoms with van der Waals surface area (Å²) in [6, 6.07) is 2.96. The van der Waals surface area contributed by atoms with Gasteiger partial charge in [-0.3, -0.25) is 9.59 Å². The largest absolute Gasteiger partial charge is 0.481 e. The maximum absolute atomic E-state index is 12.4. The zero-order valence-corrected chi connectivity index (χ0v) is 22.3. The Balaban J connectivity index is 1.82. The second-order valence-electron chi connectivity index (χ2n) is 8.40. The van der Waals surface area contributed by atoms with Gasteiger partial charge in [-0.1, -0.05) is 17.9 Å². The highest BCUT2D eigenvalue weighted by molar-refractivity contribution is 5.92. The minimum absolute atomic E-state index is 0.203. The molecule has 0 unspecified atom stereocenters. The molecular formula is C26H36N8O3. The molecule has 11 nitrogen and oxygen atoms in total. The molecule has 37 heavy (non-hydrogen) atoms. The number of likely N-dealkylation sites (N-methyl/N-ethyl adjacent to an activating group) is 2. The predicted molar refractivity (Wildman–Crippen MR) is 145 cm³/mol. The average Bonchev–Trinajstić information content (AvgIpc) is 2.89. The Hall–Kier alpha value is -4.17. The lowest BCUT2D eigenvalue weighted by molar-refractivity contribution is -0.135. The van der Waals surface area contributed by atoms with E-state index in [2.05, 4.69) is 42.7 Å². The van der Waals surface area contributed by atoms with Gasteiger partial charge in [-0.25, -0.2) is 9.97 Å². The Bertz CT molecular complexity index is 1140. The second-order valence-corrected chi connectivity index (χ2v) is 8.40. The van der Waals surface area contributed by atoms with E-state index in [1.54, 1.807) is 58.7 Å². The van der Waals surface area contributed by atoms with Gasteiger partial charge in [0.05, 0.1) is 18.9 Å². The van der Waals surface area contributed by atoms with E-state index in [0.717, 1.165) is 5.69 Å². The van der Waals surface area contributed by atoms with Crippen molar-refractivity contribution in [1.29, 1.82) is 0 Å². The lowest BCUT2D eigenvalue weighted by Crippen LogP contribution is -2.45. The van der Waals surface area contributed by atoms with Crippen molar-refractivity contribution in [2.75, 3.05) is 59.0 Å². The normalized spacial score (nSPS) is 11.4. The number of ether oxygens (including phenoxy) is 1. The first-order chi connectivity index (χ1) is 17.7. The van der Waals surface area contributed by atoms with Gasteiger partial charge in [-0.15, -0.1) is 0 Å². The van der Waals surface area contributed by atoms with Crippen molar-refractivity contribution >= 4 is 29.3 Å². The van der Waals surface area contributed by atoms with E-state index in [1.165, 1.54) is 11.0 Å². The zero-order chi connectivity index (χ0) is 27.2. The number of nitrogens with zero attached hydrogens (tertiary/aromatic N) is 5. The molecule has 0 saturated carbocycles. The fourth-order valence-electron chi connectivity index (χ4n) is 2.99. The monoisotopic (exact) mass is 508 g/mol. The number of carbonyl (C=O) groups excluding carboxylic acids is 2. The highest BCUT2D eigenvalue weighted by atomic mass is 16.5. The molecule has 11 heteroatoms.